The van der Waals surface area contributed by atoms with Crippen LogP contribution in [0.3, 0.4) is 0 Å². The van der Waals surface area contributed by atoms with Crippen molar-refractivity contribution < 1.29 is 29.0 Å². The number of fused-ring (bicyclic) bond motifs is 1. The van der Waals surface area contributed by atoms with Crippen LogP contribution in [0.15, 0.2) is 42.5 Å². The second kappa shape index (κ2) is 9.39. The number of carbonyl (C=O) groups excluding carboxylic acids is 4. The molecule has 3 heterocycles. The number of nitrogens with zero attached hydrogens (tertiary/aromatic N) is 1. The summed E-state index contributed by atoms with van der Waals surface area (Å²) in [6.45, 7) is 0. The van der Waals surface area contributed by atoms with E-state index in [9.17, 15) is 24.3 Å². The molecule has 4 rings (SSSR count). The number of ether oxygens (including phenoxy) is 1. The summed E-state index contributed by atoms with van der Waals surface area (Å²) in [5, 5.41) is 17.8. The lowest BCUT2D eigenvalue weighted by Crippen LogP contribution is -2.57. The van der Waals surface area contributed by atoms with Crippen LogP contribution < -0.4 is 16.0 Å². The van der Waals surface area contributed by atoms with Gasteiger partial charge in [-0.1, -0.05) is 30.4 Å². The molecule has 0 bridgehead atoms. The van der Waals surface area contributed by atoms with Gasteiger partial charge in [-0.05, 0) is 37.8 Å². The third kappa shape index (κ3) is 4.75. The van der Waals surface area contributed by atoms with E-state index in [0.717, 1.165) is 0 Å². The number of esters is 1. The molecule has 0 spiro atoms. The minimum absolute atomic E-state index is 0.121. The van der Waals surface area contributed by atoms with Crippen LogP contribution in [0, 0.1) is 0 Å². The van der Waals surface area contributed by atoms with Gasteiger partial charge in [0.25, 0.3) is 0 Å². The number of para-hydroxylation sites is 1. The number of benzene rings is 1. The Morgan fingerprint density at radius 1 is 1.03 bits per heavy atom. The molecule has 2 unspecified atom stereocenters. The van der Waals surface area contributed by atoms with Gasteiger partial charge in [0.1, 0.15) is 18.1 Å². The van der Waals surface area contributed by atoms with Crippen LogP contribution >= 0.6 is 0 Å². The molecule has 4 N–H and O–H groups in total. The van der Waals surface area contributed by atoms with Crippen molar-refractivity contribution in [3.63, 3.8) is 0 Å². The molecule has 10 nitrogen and oxygen atoms in total. The van der Waals surface area contributed by atoms with E-state index in [1.165, 1.54) is 4.90 Å². The normalized spacial score (nSPS) is 29.5. The van der Waals surface area contributed by atoms with Crippen molar-refractivity contribution in [2.75, 3.05) is 5.32 Å². The first-order valence-electron chi connectivity index (χ1n) is 10.7. The summed E-state index contributed by atoms with van der Waals surface area (Å²) < 4.78 is 4.67. The largest absolute Gasteiger partial charge is 0.434 e. The fraction of sp³-hybridized carbons (Fsp3) is 0.455. The number of amides is 4. The predicted octanol–water partition coefficient (Wildman–Crippen LogP) is 0.636. The van der Waals surface area contributed by atoms with Crippen LogP contribution in [0.25, 0.3) is 0 Å². The highest BCUT2D eigenvalue weighted by Crippen LogP contribution is 2.30. The fourth-order valence-corrected chi connectivity index (χ4v) is 4.39. The van der Waals surface area contributed by atoms with Crippen LogP contribution in [-0.4, -0.2) is 64.3 Å². The lowest BCUT2D eigenvalue weighted by Gasteiger charge is -2.34. The van der Waals surface area contributed by atoms with Crippen LogP contribution in [0.4, 0.5) is 10.5 Å². The van der Waals surface area contributed by atoms with Gasteiger partial charge in [0.05, 0.1) is 6.42 Å². The summed E-state index contributed by atoms with van der Waals surface area (Å²) in [7, 11) is 0. The molecule has 10 heteroatoms. The van der Waals surface area contributed by atoms with Gasteiger partial charge in [-0.25, -0.2) is 4.79 Å². The molecular weight excluding hydrogens is 416 g/mol. The van der Waals surface area contributed by atoms with Crippen LogP contribution in [0.2, 0.25) is 0 Å². The van der Waals surface area contributed by atoms with Gasteiger partial charge in [-0.2, -0.15) is 0 Å². The second-order valence-corrected chi connectivity index (χ2v) is 8.15. The van der Waals surface area contributed by atoms with Gasteiger partial charge in [-0.3, -0.25) is 14.4 Å². The molecule has 3 aliphatic heterocycles. The highest BCUT2D eigenvalue weighted by molar-refractivity contribution is 5.96. The number of rotatable bonds is 4. The predicted molar refractivity (Wildman–Crippen MR) is 113 cm³/mol. The van der Waals surface area contributed by atoms with Gasteiger partial charge in [-0.15, -0.1) is 0 Å². The van der Waals surface area contributed by atoms with E-state index >= 15 is 0 Å². The Labute approximate surface area is 185 Å². The summed E-state index contributed by atoms with van der Waals surface area (Å²) in [6.07, 6.45) is 4.33. The van der Waals surface area contributed by atoms with Crippen molar-refractivity contribution >= 4 is 29.5 Å². The zero-order valence-electron chi connectivity index (χ0n) is 17.4. The summed E-state index contributed by atoms with van der Waals surface area (Å²) in [5.41, 5.74) is 0.599. The van der Waals surface area contributed by atoms with Crippen molar-refractivity contribution in [3.8, 4) is 0 Å². The van der Waals surface area contributed by atoms with E-state index in [2.05, 4.69) is 20.7 Å². The van der Waals surface area contributed by atoms with E-state index in [1.54, 1.807) is 24.3 Å². The average Bonchev–Trinajstić information content (AvgIpc) is 3.31. The van der Waals surface area contributed by atoms with Crippen molar-refractivity contribution in [3.05, 3.63) is 42.5 Å². The zero-order valence-corrected chi connectivity index (χ0v) is 17.4. The van der Waals surface area contributed by atoms with Gasteiger partial charge in [0, 0.05) is 11.7 Å². The monoisotopic (exact) mass is 442 g/mol. The summed E-state index contributed by atoms with van der Waals surface area (Å²) >= 11 is 0. The third-order valence-electron chi connectivity index (χ3n) is 5.95. The number of aliphatic hydroxyl groups excluding tert-OH is 1. The van der Waals surface area contributed by atoms with Crippen LogP contribution in [0.5, 0.6) is 0 Å². The number of hydrogen-bond donors (Lipinski definition) is 4. The molecule has 1 aromatic rings. The Balaban J connectivity index is 1.45. The number of carbonyl (C=O) groups is 4. The number of aliphatic hydroxyl groups is 1. The highest BCUT2D eigenvalue weighted by Gasteiger charge is 2.45. The second-order valence-electron chi connectivity index (χ2n) is 8.15. The molecule has 0 aliphatic carbocycles. The van der Waals surface area contributed by atoms with Crippen molar-refractivity contribution in [2.24, 2.45) is 0 Å². The first kappa shape index (κ1) is 21.8. The molecule has 3 aliphatic rings. The Hall–Kier alpha value is -3.40. The molecule has 170 valence electrons. The maximum atomic E-state index is 13.4. The standard InChI is InChI=1S/C22H26N4O6/c27-18-12-16(21(30)32-18)24-19(28)17-11-10-14-8-4-5-9-15(20(29)26(14)17)25-22(31)23-13-6-2-1-3-7-13/h1-7,14-17,21,30H,8-12H2,(H,24,28)(H2,23,25,31)/t14-,15+,16?,17+,21?/m1/s1. The van der Waals surface area contributed by atoms with Gasteiger partial charge < -0.3 is 30.7 Å². The number of cyclic esters (lactones) is 1. The fourth-order valence-electron chi connectivity index (χ4n) is 4.39. The Morgan fingerprint density at radius 2 is 1.78 bits per heavy atom. The van der Waals surface area contributed by atoms with E-state index < -0.39 is 42.3 Å². The van der Waals surface area contributed by atoms with Crippen molar-refractivity contribution in [1.29, 1.82) is 0 Å². The molecule has 0 aromatic heterocycles. The van der Waals surface area contributed by atoms with Gasteiger partial charge in [0.15, 0.2) is 0 Å². The van der Waals surface area contributed by atoms with Crippen molar-refractivity contribution in [1.82, 2.24) is 15.5 Å². The average molecular weight is 442 g/mol. The van der Waals surface area contributed by atoms with Gasteiger partial charge >= 0.3 is 12.0 Å². The SMILES string of the molecule is O=C(Nc1ccccc1)N[C@H]1CC=CC[C@@H]2CC[C@@H](C(=O)NC3CC(=O)OC3O)N2C1=O. The minimum Gasteiger partial charge on any atom is -0.434 e. The van der Waals surface area contributed by atoms with E-state index in [1.807, 2.05) is 18.2 Å². The van der Waals surface area contributed by atoms with E-state index in [-0.39, 0.29) is 18.4 Å². The number of nitrogens with one attached hydrogen (secondary N) is 3. The molecule has 2 saturated heterocycles. The van der Waals surface area contributed by atoms with Crippen LogP contribution in [0.1, 0.15) is 32.1 Å². The summed E-state index contributed by atoms with van der Waals surface area (Å²) in [6, 6.07) is 5.80. The molecule has 1 aromatic carbocycles. The lowest BCUT2D eigenvalue weighted by atomic mass is 10.0. The maximum absolute atomic E-state index is 13.4. The highest BCUT2D eigenvalue weighted by atomic mass is 16.6. The quantitative estimate of drug-likeness (QED) is 0.399. The smallest absolute Gasteiger partial charge is 0.319 e. The summed E-state index contributed by atoms with van der Waals surface area (Å²) in [5.74, 6) is -1.37. The molecule has 4 amide bonds. The number of urea groups is 1. The molecule has 0 saturated carbocycles. The number of anilines is 1. The van der Waals surface area contributed by atoms with E-state index in [4.69, 9.17) is 0 Å². The number of hydrogen-bond acceptors (Lipinski definition) is 6. The molecule has 2 fully saturated rings. The Bertz CT molecular complexity index is 920. The Kier molecular flexibility index (Phi) is 6.40. The Morgan fingerprint density at radius 3 is 2.50 bits per heavy atom. The first-order chi connectivity index (χ1) is 15.4. The van der Waals surface area contributed by atoms with Crippen molar-refractivity contribution in [2.45, 2.75) is 62.6 Å². The molecule has 0 radical (unpaired) electrons. The first-order valence-corrected chi connectivity index (χ1v) is 10.7. The molecule has 32 heavy (non-hydrogen) atoms. The third-order valence-corrected chi connectivity index (χ3v) is 5.95. The molecular formula is C22H26N4O6. The maximum Gasteiger partial charge on any atom is 0.319 e. The zero-order chi connectivity index (χ0) is 22.7. The molecule has 5 atom stereocenters. The minimum atomic E-state index is -1.40. The lowest BCUT2D eigenvalue weighted by molar-refractivity contribution is -0.155. The summed E-state index contributed by atoms with van der Waals surface area (Å²) in [4.78, 5) is 51.7. The topological polar surface area (TPSA) is 137 Å². The van der Waals surface area contributed by atoms with Gasteiger partial charge in [0.2, 0.25) is 18.1 Å². The van der Waals surface area contributed by atoms with Crippen LogP contribution in [-0.2, 0) is 19.1 Å². The van der Waals surface area contributed by atoms with E-state index in [0.29, 0.717) is 31.4 Å².